The third kappa shape index (κ3) is 2.51. The first kappa shape index (κ1) is 13.7. The van der Waals surface area contributed by atoms with E-state index < -0.39 is 12.1 Å². The maximum atomic E-state index is 11.0. The van der Waals surface area contributed by atoms with Crippen molar-refractivity contribution in [2.45, 2.75) is 12.1 Å². The van der Waals surface area contributed by atoms with Crippen LogP contribution >= 0.6 is 0 Å². The quantitative estimate of drug-likeness (QED) is 0.534. The zero-order valence-electron chi connectivity index (χ0n) is 11.7. The Morgan fingerprint density at radius 3 is 3.04 bits per heavy atom. The van der Waals surface area contributed by atoms with Crippen molar-refractivity contribution in [3.8, 4) is 11.5 Å². The lowest BCUT2D eigenvalue weighted by atomic mass is 10.1. The highest BCUT2D eigenvalue weighted by atomic mass is 16.7. The van der Waals surface area contributed by atoms with Gasteiger partial charge in [-0.3, -0.25) is 10.1 Å². The van der Waals surface area contributed by atoms with Crippen molar-refractivity contribution >= 4 is 11.7 Å². The molecular formula is C12H12N6O5. The van der Waals surface area contributed by atoms with Gasteiger partial charge in [-0.05, 0) is 12.1 Å². The van der Waals surface area contributed by atoms with Crippen molar-refractivity contribution in [2.75, 3.05) is 18.7 Å². The highest BCUT2D eigenvalue weighted by molar-refractivity contribution is 5.59. The summed E-state index contributed by atoms with van der Waals surface area (Å²) < 4.78 is 16.0. The Bertz CT molecular complexity index is 749. The average molecular weight is 320 g/mol. The van der Waals surface area contributed by atoms with E-state index in [4.69, 9.17) is 13.9 Å². The van der Waals surface area contributed by atoms with Crippen LogP contribution in [0.15, 0.2) is 22.6 Å². The second-order valence-electron chi connectivity index (χ2n) is 4.99. The molecule has 11 heteroatoms. The average Bonchev–Trinajstić information content (AvgIpc) is 3.26. The van der Waals surface area contributed by atoms with Gasteiger partial charge in [-0.2, -0.15) is 0 Å². The van der Waals surface area contributed by atoms with Crippen LogP contribution in [-0.4, -0.2) is 34.5 Å². The molecule has 2 atom stereocenters. The minimum absolute atomic E-state index is 0.134. The third-order valence-corrected chi connectivity index (χ3v) is 3.55. The number of aromatic nitrogens is 2. The summed E-state index contributed by atoms with van der Waals surface area (Å²) in [6, 6.07) is 3.86. The van der Waals surface area contributed by atoms with E-state index in [1.807, 2.05) is 0 Å². The van der Waals surface area contributed by atoms with Gasteiger partial charge in [0.15, 0.2) is 17.5 Å². The zero-order valence-corrected chi connectivity index (χ0v) is 11.7. The van der Waals surface area contributed by atoms with Crippen LogP contribution in [0.25, 0.3) is 0 Å². The molecule has 3 N–H and O–H groups in total. The molecule has 3 heterocycles. The standard InChI is InChI=1S/C12H12N6O5/c19-18(20)7-4-13-15-10(7)11-16-17-12(23-11)14-6-1-2-8-9(3-6)22-5-21-8/h1-3,7,10,13,15H,4-5H2,(H,14,17). The van der Waals surface area contributed by atoms with E-state index in [1.165, 1.54) is 0 Å². The van der Waals surface area contributed by atoms with Gasteiger partial charge >= 0.3 is 6.01 Å². The summed E-state index contributed by atoms with van der Waals surface area (Å²) in [5.41, 5.74) is 6.16. The van der Waals surface area contributed by atoms with Crippen molar-refractivity contribution in [3.05, 3.63) is 34.2 Å². The fourth-order valence-electron chi connectivity index (χ4n) is 2.42. The van der Waals surface area contributed by atoms with Gasteiger partial charge in [-0.15, -0.1) is 5.10 Å². The lowest BCUT2D eigenvalue weighted by Gasteiger charge is -2.07. The van der Waals surface area contributed by atoms with Gasteiger partial charge in [0, 0.05) is 16.7 Å². The topological polar surface area (TPSA) is 137 Å². The maximum absolute atomic E-state index is 11.0. The van der Waals surface area contributed by atoms with Gasteiger partial charge < -0.3 is 19.2 Å². The van der Waals surface area contributed by atoms with Crippen LogP contribution in [0, 0.1) is 10.1 Å². The fourth-order valence-corrected chi connectivity index (χ4v) is 2.42. The molecule has 23 heavy (non-hydrogen) atoms. The summed E-state index contributed by atoms with van der Waals surface area (Å²) in [4.78, 5) is 10.6. The van der Waals surface area contributed by atoms with Crippen molar-refractivity contribution in [1.82, 2.24) is 21.0 Å². The van der Waals surface area contributed by atoms with Crippen molar-refractivity contribution in [1.29, 1.82) is 0 Å². The van der Waals surface area contributed by atoms with Gasteiger partial charge in [0.1, 0.15) is 0 Å². The van der Waals surface area contributed by atoms with Crippen LogP contribution < -0.4 is 25.6 Å². The lowest BCUT2D eigenvalue weighted by Crippen LogP contribution is -2.29. The number of rotatable bonds is 4. The largest absolute Gasteiger partial charge is 0.454 e. The Balaban J connectivity index is 1.51. The van der Waals surface area contributed by atoms with E-state index in [2.05, 4.69) is 26.4 Å². The minimum Gasteiger partial charge on any atom is -0.454 e. The smallest absolute Gasteiger partial charge is 0.320 e. The molecule has 0 aliphatic carbocycles. The molecule has 2 aromatic rings. The number of fused-ring (bicyclic) bond motifs is 1. The molecule has 2 unspecified atom stereocenters. The Kier molecular flexibility index (Phi) is 3.20. The van der Waals surface area contributed by atoms with Gasteiger partial charge in [0.05, 0.1) is 6.54 Å². The molecule has 0 saturated carbocycles. The number of nitrogens with zero attached hydrogens (tertiary/aromatic N) is 3. The van der Waals surface area contributed by atoms with Gasteiger partial charge in [-0.1, -0.05) is 5.10 Å². The van der Waals surface area contributed by atoms with E-state index in [1.54, 1.807) is 18.2 Å². The first-order valence-electron chi connectivity index (χ1n) is 6.82. The van der Waals surface area contributed by atoms with E-state index >= 15 is 0 Å². The Hall–Kier alpha value is -2.92. The van der Waals surface area contributed by atoms with Crippen LogP contribution in [0.5, 0.6) is 11.5 Å². The third-order valence-electron chi connectivity index (χ3n) is 3.55. The van der Waals surface area contributed by atoms with Crippen molar-refractivity contribution in [3.63, 3.8) is 0 Å². The normalized spacial score (nSPS) is 22.3. The summed E-state index contributed by atoms with van der Waals surface area (Å²) in [7, 11) is 0. The lowest BCUT2D eigenvalue weighted by molar-refractivity contribution is -0.521. The summed E-state index contributed by atoms with van der Waals surface area (Å²) >= 11 is 0. The monoisotopic (exact) mass is 320 g/mol. The summed E-state index contributed by atoms with van der Waals surface area (Å²) in [5, 5.41) is 21.6. The predicted molar refractivity (Wildman–Crippen MR) is 74.8 cm³/mol. The molecule has 1 aromatic carbocycles. The van der Waals surface area contributed by atoms with Gasteiger partial charge in [-0.25, -0.2) is 10.9 Å². The van der Waals surface area contributed by atoms with Crippen LogP contribution in [-0.2, 0) is 0 Å². The van der Waals surface area contributed by atoms with Crippen molar-refractivity contribution in [2.24, 2.45) is 0 Å². The second-order valence-corrected chi connectivity index (χ2v) is 4.99. The Labute approximate surface area is 129 Å². The Morgan fingerprint density at radius 1 is 1.30 bits per heavy atom. The van der Waals surface area contributed by atoms with E-state index in [0.29, 0.717) is 17.2 Å². The molecular weight excluding hydrogens is 308 g/mol. The summed E-state index contributed by atoms with van der Waals surface area (Å²) in [6.45, 7) is 0.372. The minimum atomic E-state index is -0.867. The highest BCUT2D eigenvalue weighted by Crippen LogP contribution is 2.35. The number of benzene rings is 1. The number of nitrogens with one attached hydrogen (secondary N) is 3. The number of anilines is 2. The van der Waals surface area contributed by atoms with E-state index in [0.717, 1.165) is 0 Å². The first-order chi connectivity index (χ1) is 11.2. The molecule has 1 fully saturated rings. The summed E-state index contributed by atoms with van der Waals surface area (Å²) in [5.74, 6) is 1.42. The SMILES string of the molecule is O=[N+]([O-])C1CNNC1c1nnc(Nc2ccc3c(c2)OCO3)o1. The van der Waals surface area contributed by atoms with Gasteiger partial charge in [0.25, 0.3) is 6.04 Å². The molecule has 2 aliphatic rings. The van der Waals surface area contributed by atoms with Crippen LogP contribution in [0.2, 0.25) is 0 Å². The van der Waals surface area contributed by atoms with Crippen LogP contribution in [0.1, 0.15) is 11.9 Å². The van der Waals surface area contributed by atoms with Crippen LogP contribution in [0.4, 0.5) is 11.7 Å². The fraction of sp³-hybridized carbons (Fsp3) is 0.333. The molecule has 0 radical (unpaired) electrons. The van der Waals surface area contributed by atoms with Gasteiger partial charge in [0.2, 0.25) is 12.7 Å². The number of ether oxygens (including phenoxy) is 2. The summed E-state index contributed by atoms with van der Waals surface area (Å²) in [6.07, 6.45) is 0. The number of nitro groups is 1. The van der Waals surface area contributed by atoms with Crippen molar-refractivity contribution < 1.29 is 18.8 Å². The molecule has 0 amide bonds. The molecule has 4 rings (SSSR count). The molecule has 120 valence electrons. The number of hydrogen-bond donors (Lipinski definition) is 3. The Morgan fingerprint density at radius 2 is 2.17 bits per heavy atom. The molecule has 0 bridgehead atoms. The number of hydrazine groups is 1. The molecule has 1 saturated heterocycles. The highest BCUT2D eigenvalue weighted by Gasteiger charge is 2.41. The first-order valence-corrected chi connectivity index (χ1v) is 6.82. The molecule has 0 spiro atoms. The van der Waals surface area contributed by atoms with E-state index in [-0.39, 0.29) is 30.2 Å². The molecule has 11 nitrogen and oxygen atoms in total. The van der Waals surface area contributed by atoms with E-state index in [9.17, 15) is 10.1 Å². The zero-order chi connectivity index (χ0) is 15.8. The second kappa shape index (κ2) is 5.37. The predicted octanol–water partition coefficient (Wildman–Crippen LogP) is 0.336. The molecule has 1 aromatic heterocycles. The van der Waals surface area contributed by atoms with Crippen LogP contribution in [0.3, 0.4) is 0 Å². The maximum Gasteiger partial charge on any atom is 0.320 e. The number of hydrogen-bond acceptors (Lipinski definition) is 10. The molecule has 2 aliphatic heterocycles.